The molecule has 4 aromatic carbocycles. The number of fused-ring (bicyclic) bond motifs is 20. The van der Waals surface area contributed by atoms with Crippen LogP contribution in [-0.2, 0) is 17.1 Å². The molecule has 0 unspecified atom stereocenters. The Balaban J connectivity index is 0.0000130. The van der Waals surface area contributed by atoms with Gasteiger partial charge >= 0.3 is 17.1 Å². The molecule has 2 aliphatic rings. The molecule has 0 saturated heterocycles. The van der Waals surface area contributed by atoms with Crippen LogP contribution in [0.15, 0.2) is 19.6 Å². The molecule has 5 heterocycles. The van der Waals surface area contributed by atoms with E-state index in [1.807, 2.05) is 25.0 Å². The van der Waals surface area contributed by atoms with Crippen molar-refractivity contribution in [3.05, 3.63) is 20.1 Å². The van der Waals surface area contributed by atoms with Crippen LogP contribution in [0, 0.1) is 47.3 Å². The summed E-state index contributed by atoms with van der Waals surface area (Å²) < 4.78 is 56.3. The summed E-state index contributed by atoms with van der Waals surface area (Å²) in [6.45, 7) is 37.2. The van der Waals surface area contributed by atoms with Crippen LogP contribution in [0.2, 0.25) is 20.1 Å². The van der Waals surface area contributed by atoms with E-state index in [2.05, 4.69) is 111 Å². The van der Waals surface area contributed by atoms with Crippen LogP contribution >= 0.6 is 93.5 Å². The molecule has 2 aliphatic heterocycles. The number of hydrogen-bond donors (Lipinski definition) is 0. The molecule has 16 nitrogen and oxygen atoms in total. The van der Waals surface area contributed by atoms with Crippen LogP contribution in [0.4, 0.5) is 0 Å². The topological polar surface area (TPSA) is 179 Å². The van der Waals surface area contributed by atoms with Gasteiger partial charge in [-0.1, -0.05) is 157 Å². The number of ether oxygens (including phenoxy) is 8. The van der Waals surface area contributed by atoms with E-state index in [4.69, 9.17) is 124 Å². The van der Waals surface area contributed by atoms with Crippen LogP contribution in [0.25, 0.3) is 89.7 Å². The molecule has 25 heteroatoms. The number of halogens is 4. The molecular weight excluding hydrogens is 1490 g/mol. The summed E-state index contributed by atoms with van der Waals surface area (Å²) in [4.78, 5) is 47.5. The third-order valence-corrected chi connectivity index (χ3v) is 22.2. The Morgan fingerprint density at radius 2 is 0.446 bits per heavy atom. The Morgan fingerprint density at radius 3 is 0.673 bits per heavy atom. The first-order valence-corrected chi connectivity index (χ1v) is 41.6. The first-order valence-electron chi connectivity index (χ1n) is 35.2. The second kappa shape index (κ2) is 37.3. The third kappa shape index (κ3) is 18.8. The zero-order valence-corrected chi connectivity index (χ0v) is 69.5. The summed E-state index contributed by atoms with van der Waals surface area (Å²) >= 11 is 37.0. The summed E-state index contributed by atoms with van der Waals surface area (Å²) in [5.74, 6) is 6.30. The van der Waals surface area contributed by atoms with E-state index in [-0.39, 0.29) is 63.0 Å². The molecule has 8 bridgehead atoms. The maximum absolute atomic E-state index is 7.81. The van der Waals surface area contributed by atoms with Crippen molar-refractivity contribution in [2.75, 3.05) is 77.9 Å². The molecule has 555 valence electrons. The van der Waals surface area contributed by atoms with Crippen molar-refractivity contribution in [1.29, 1.82) is 0 Å². The minimum Gasteiger partial charge on any atom is -0.492 e. The fourth-order valence-corrected chi connectivity index (χ4v) is 15.6. The first-order chi connectivity index (χ1) is 47.7. The Morgan fingerprint density at radius 1 is 0.267 bits per heavy atom. The van der Waals surface area contributed by atoms with Gasteiger partial charge in [0.1, 0.15) is 66.1 Å². The third-order valence-electron chi connectivity index (χ3n) is 17.1. The van der Waals surface area contributed by atoms with Gasteiger partial charge in [0.25, 0.3) is 0 Å². The molecular formula is C76H100Cl4CuN8O8S4. The van der Waals surface area contributed by atoms with Gasteiger partial charge in [0.15, 0.2) is 0 Å². The van der Waals surface area contributed by atoms with Crippen molar-refractivity contribution in [3.63, 3.8) is 0 Å². The van der Waals surface area contributed by atoms with Crippen LogP contribution in [0.5, 0.6) is 46.0 Å². The van der Waals surface area contributed by atoms with Gasteiger partial charge in [-0.15, -0.1) is 47.0 Å². The summed E-state index contributed by atoms with van der Waals surface area (Å²) in [5.41, 5.74) is 2.56. The fourth-order valence-electron chi connectivity index (χ4n) is 11.2. The molecule has 101 heavy (non-hydrogen) atoms. The molecule has 0 saturated carbocycles. The second-order valence-corrected chi connectivity index (χ2v) is 33.5. The van der Waals surface area contributed by atoms with E-state index < -0.39 is 0 Å². The number of nitrogens with zero attached hydrogens (tertiary/aromatic N) is 8. The molecule has 0 N–H and O–H groups in total. The number of hydrogen-bond acceptors (Lipinski definition) is 18. The van der Waals surface area contributed by atoms with E-state index in [1.54, 1.807) is 0 Å². The fraction of sp³-hybridized carbons (Fsp3) is 0.579. The zero-order valence-electron chi connectivity index (χ0n) is 62.2. The van der Waals surface area contributed by atoms with E-state index in [9.17, 15) is 0 Å². The van der Waals surface area contributed by atoms with Gasteiger partial charge in [0.05, 0.1) is 118 Å². The second-order valence-electron chi connectivity index (χ2n) is 28.8. The summed E-state index contributed by atoms with van der Waals surface area (Å²) in [6, 6.07) is 0. The predicted octanol–water partition coefficient (Wildman–Crippen LogP) is 23.0. The quantitative estimate of drug-likeness (QED) is 0.0267. The van der Waals surface area contributed by atoms with Crippen molar-refractivity contribution < 1.29 is 55.0 Å². The summed E-state index contributed by atoms with van der Waals surface area (Å²) in [5, 5.41) is 3.19. The normalized spacial score (nSPS) is 12.2. The van der Waals surface area contributed by atoms with Gasteiger partial charge in [-0.2, -0.15) is 0 Å². The van der Waals surface area contributed by atoms with Crippen LogP contribution < -0.4 is 47.9 Å². The SMILES string of the molecule is CSc1c(Cl)c(OCCC(C)C)c2c(c1OCCC(C)C)-c1nc-2nc2[n-]c(nc3nc(nc4[n-]c(n1)c1c(OCCC(C)C)c(Cl)c(SC)c(OCCC(C)C)c41)-c1c(OCCC(C)C)c(Cl)c(SC)c(OCCC(C)C)c1-3)c1c(OCCC(C)C)c(Cl)c(SC)c(OCCC(C)C)c21.[Cu+2]. The van der Waals surface area contributed by atoms with E-state index >= 15 is 0 Å². The standard InChI is InChI=1S/C76H100Cl4N8O8S4.Cu/c1-37(2)21-29-89-57-45-49(61(65(97-17)53(57)77)93-33-25-41(9)10)73-81-69(45)85-74-50-46(58(90-30-22-38(3)4)54(78)66(98-18)62(50)94-34-26-42(11)12)71(82-74)87-76-52-48(60(92-32-24-40(7)8)56(80)68(100-20)64(52)96-36-28-44(15)16)72(84-76)88-75-51-47(70(83-75)86-73)59(91-31-23-39(5)6)55(79)67(99-19)63(51)95-35-27-43(13)14;/h37-44H,21-36H2,1-20H3;/q-2;+2. The van der Waals surface area contributed by atoms with Crippen molar-refractivity contribution in [2.45, 2.75) is 182 Å². The average Bonchev–Trinajstić information content (AvgIpc) is 1.58. The minimum atomic E-state index is 0. The van der Waals surface area contributed by atoms with Crippen molar-refractivity contribution in [3.8, 4) is 91.5 Å². The van der Waals surface area contributed by atoms with E-state index in [1.165, 1.54) is 47.0 Å². The summed E-state index contributed by atoms with van der Waals surface area (Å²) in [7, 11) is 0. The molecule has 3 aromatic heterocycles. The van der Waals surface area contributed by atoms with E-state index in [0.29, 0.717) is 255 Å². The maximum atomic E-state index is 7.81. The predicted molar refractivity (Wildman–Crippen MR) is 421 cm³/mol. The van der Waals surface area contributed by atoms with Gasteiger partial charge in [0, 0.05) is 44.1 Å². The molecule has 0 spiro atoms. The van der Waals surface area contributed by atoms with Gasteiger partial charge in [-0.05, 0) is 124 Å². The first kappa shape index (κ1) is 82.4. The van der Waals surface area contributed by atoms with Crippen molar-refractivity contribution in [1.82, 2.24) is 39.9 Å². The molecule has 7 aromatic rings. The molecule has 0 fully saturated rings. The van der Waals surface area contributed by atoms with Crippen LogP contribution in [0.1, 0.15) is 162 Å². The monoisotopic (exact) mass is 1580 g/mol. The van der Waals surface area contributed by atoms with Gasteiger partial charge < -0.3 is 67.8 Å². The molecule has 9 rings (SSSR count). The van der Waals surface area contributed by atoms with Crippen molar-refractivity contribution >= 4 is 138 Å². The number of thioether (sulfide) groups is 4. The Bertz CT molecular complexity index is 3980. The van der Waals surface area contributed by atoms with Gasteiger partial charge in [0.2, 0.25) is 0 Å². The zero-order chi connectivity index (χ0) is 72.5. The number of benzene rings is 4. The van der Waals surface area contributed by atoms with Crippen molar-refractivity contribution in [2.24, 2.45) is 47.3 Å². The van der Waals surface area contributed by atoms with Crippen LogP contribution in [-0.4, -0.2) is 108 Å². The van der Waals surface area contributed by atoms with Crippen LogP contribution in [0.3, 0.4) is 0 Å². The minimum absolute atomic E-state index is 0. The molecule has 0 amide bonds. The maximum Gasteiger partial charge on any atom is 2.00 e. The largest absolute Gasteiger partial charge is 2.00 e. The van der Waals surface area contributed by atoms with Gasteiger partial charge in [-0.3, -0.25) is 0 Å². The Labute approximate surface area is 645 Å². The number of aromatic nitrogens is 8. The summed E-state index contributed by atoms with van der Waals surface area (Å²) in [6.07, 6.45) is 13.7. The smallest absolute Gasteiger partial charge is 0.492 e. The Hall–Kier alpha value is -4.28. The van der Waals surface area contributed by atoms with Gasteiger partial charge in [-0.25, -0.2) is 9.97 Å². The molecule has 0 aliphatic carbocycles. The van der Waals surface area contributed by atoms with E-state index in [0.717, 1.165) is 25.7 Å². The number of rotatable bonds is 36. The molecule has 0 atom stereocenters. The Kier molecular flexibility index (Phi) is 30.4. The molecule has 1 radical (unpaired) electrons. The average molecular weight is 1590 g/mol.